The van der Waals surface area contributed by atoms with E-state index in [9.17, 15) is 4.79 Å². The van der Waals surface area contributed by atoms with Crippen molar-refractivity contribution < 1.29 is 4.42 Å². The summed E-state index contributed by atoms with van der Waals surface area (Å²) in [5, 5.41) is 0. The summed E-state index contributed by atoms with van der Waals surface area (Å²) in [5.74, 6) is -0.446. The van der Waals surface area contributed by atoms with Gasteiger partial charge in [0, 0.05) is 11.6 Å². The molecule has 0 amide bonds. The summed E-state index contributed by atoms with van der Waals surface area (Å²) >= 11 is 0. The fraction of sp³-hybridized carbons (Fsp3) is 0.462. The molecule has 0 spiro atoms. The number of aromatic nitrogens is 1. The largest absolute Gasteiger partial charge is 0.417 e. The van der Waals surface area contributed by atoms with E-state index in [0.29, 0.717) is 11.1 Å². The maximum absolute atomic E-state index is 11.1. The summed E-state index contributed by atoms with van der Waals surface area (Å²) in [7, 11) is 0. The van der Waals surface area contributed by atoms with Gasteiger partial charge in [-0.2, -0.15) is 0 Å². The first-order valence-electron chi connectivity index (χ1n) is 6.02. The van der Waals surface area contributed by atoms with E-state index in [0.717, 1.165) is 18.4 Å². The highest BCUT2D eigenvalue weighted by Gasteiger charge is 2.15. The number of hydrogen-bond donors (Lipinski definition) is 3. The number of aromatic amines is 1. The summed E-state index contributed by atoms with van der Waals surface area (Å²) < 4.78 is 4.94. The van der Waals surface area contributed by atoms with Crippen LogP contribution in [0.4, 0.5) is 0 Å². The Morgan fingerprint density at radius 3 is 2.83 bits per heavy atom. The van der Waals surface area contributed by atoms with Gasteiger partial charge < -0.3 is 15.9 Å². The number of rotatable bonds is 4. The van der Waals surface area contributed by atoms with Crippen molar-refractivity contribution in [2.45, 2.75) is 38.3 Å². The van der Waals surface area contributed by atoms with Crippen molar-refractivity contribution in [3.05, 3.63) is 34.3 Å². The van der Waals surface area contributed by atoms with Crippen molar-refractivity contribution in [2.24, 2.45) is 11.5 Å². The third-order valence-corrected chi connectivity index (χ3v) is 2.97. The smallest absolute Gasteiger partial charge is 0.408 e. The molecule has 98 valence electrons. The van der Waals surface area contributed by atoms with Crippen LogP contribution in [0.1, 0.15) is 38.3 Å². The van der Waals surface area contributed by atoms with Crippen LogP contribution in [0, 0.1) is 0 Å². The van der Waals surface area contributed by atoms with E-state index in [-0.39, 0.29) is 11.6 Å². The molecule has 1 aromatic carbocycles. The maximum atomic E-state index is 11.1. The molecular formula is C13H19N3O2. The van der Waals surface area contributed by atoms with Crippen LogP contribution in [0.5, 0.6) is 0 Å². The molecule has 0 saturated carbocycles. The van der Waals surface area contributed by atoms with Gasteiger partial charge in [0.2, 0.25) is 0 Å². The molecular weight excluding hydrogens is 230 g/mol. The van der Waals surface area contributed by atoms with Gasteiger partial charge in [-0.1, -0.05) is 6.07 Å². The number of oxazole rings is 1. The third kappa shape index (κ3) is 3.00. The molecule has 1 unspecified atom stereocenters. The quantitative estimate of drug-likeness (QED) is 0.767. The molecule has 1 atom stereocenters. The Hall–Kier alpha value is -1.59. The van der Waals surface area contributed by atoms with Crippen LogP contribution in [0.3, 0.4) is 0 Å². The summed E-state index contributed by atoms with van der Waals surface area (Å²) in [6.45, 7) is 3.97. The van der Waals surface area contributed by atoms with Crippen LogP contribution in [0.25, 0.3) is 11.1 Å². The highest BCUT2D eigenvalue weighted by atomic mass is 16.4. The fourth-order valence-electron chi connectivity index (χ4n) is 1.89. The number of nitrogens with one attached hydrogen (secondary N) is 1. The predicted octanol–water partition coefficient (Wildman–Crippen LogP) is 1.64. The number of fused-ring (bicyclic) bond motifs is 1. The first kappa shape index (κ1) is 12.9. The van der Waals surface area contributed by atoms with E-state index in [1.807, 2.05) is 26.0 Å². The van der Waals surface area contributed by atoms with Gasteiger partial charge in [0.05, 0.1) is 5.52 Å². The Morgan fingerprint density at radius 1 is 1.44 bits per heavy atom. The molecule has 1 aromatic heterocycles. The van der Waals surface area contributed by atoms with Gasteiger partial charge in [0.1, 0.15) is 0 Å². The molecule has 0 aliphatic carbocycles. The molecule has 0 radical (unpaired) electrons. The lowest BCUT2D eigenvalue weighted by molar-refractivity contribution is 0.433. The van der Waals surface area contributed by atoms with Gasteiger partial charge in [0.25, 0.3) is 0 Å². The van der Waals surface area contributed by atoms with Gasteiger partial charge in [0.15, 0.2) is 5.58 Å². The van der Waals surface area contributed by atoms with Crippen LogP contribution < -0.4 is 17.2 Å². The standard InChI is InChI=1S/C13H19N3O2/c1-13(2,15)6-5-9(14)8-3-4-11-10(7-8)16-12(17)18-11/h3-4,7,9H,5-6,14-15H2,1-2H3,(H,16,17). The second-order valence-corrected chi connectivity index (χ2v) is 5.40. The minimum atomic E-state index is -0.446. The maximum Gasteiger partial charge on any atom is 0.417 e. The minimum absolute atomic E-state index is 0.0874. The number of nitrogens with two attached hydrogens (primary N) is 2. The van der Waals surface area contributed by atoms with Gasteiger partial charge in [-0.3, -0.25) is 4.98 Å². The molecule has 0 fully saturated rings. The normalized spacial score (nSPS) is 14.0. The number of benzene rings is 1. The monoisotopic (exact) mass is 249 g/mol. The van der Waals surface area contributed by atoms with Crippen molar-refractivity contribution in [1.29, 1.82) is 0 Å². The minimum Gasteiger partial charge on any atom is -0.408 e. The molecule has 5 heteroatoms. The zero-order chi connectivity index (χ0) is 13.3. The van der Waals surface area contributed by atoms with Crippen molar-refractivity contribution in [2.75, 3.05) is 0 Å². The van der Waals surface area contributed by atoms with Crippen molar-refractivity contribution in [1.82, 2.24) is 4.98 Å². The summed E-state index contributed by atoms with van der Waals surface area (Å²) in [4.78, 5) is 13.7. The van der Waals surface area contributed by atoms with Gasteiger partial charge >= 0.3 is 5.76 Å². The number of H-pyrrole nitrogens is 1. The van der Waals surface area contributed by atoms with Gasteiger partial charge in [-0.05, 0) is 44.4 Å². The Kier molecular flexibility index (Phi) is 3.28. The molecule has 2 aromatic rings. The van der Waals surface area contributed by atoms with Crippen LogP contribution in [0.2, 0.25) is 0 Å². The second-order valence-electron chi connectivity index (χ2n) is 5.40. The van der Waals surface area contributed by atoms with E-state index in [1.165, 1.54) is 0 Å². The molecule has 5 N–H and O–H groups in total. The molecule has 18 heavy (non-hydrogen) atoms. The van der Waals surface area contributed by atoms with Crippen LogP contribution in [0.15, 0.2) is 27.4 Å². The summed E-state index contributed by atoms with van der Waals surface area (Å²) in [6.07, 6.45) is 1.64. The Labute approximate surface area is 105 Å². The van der Waals surface area contributed by atoms with Crippen molar-refractivity contribution in [3.63, 3.8) is 0 Å². The lowest BCUT2D eigenvalue weighted by atomic mass is 9.94. The highest BCUT2D eigenvalue weighted by Crippen LogP contribution is 2.22. The summed E-state index contributed by atoms with van der Waals surface area (Å²) in [5.41, 5.74) is 14.1. The molecule has 0 bridgehead atoms. The van der Waals surface area contributed by atoms with E-state index in [2.05, 4.69) is 4.98 Å². The zero-order valence-corrected chi connectivity index (χ0v) is 10.7. The van der Waals surface area contributed by atoms with Crippen molar-refractivity contribution >= 4 is 11.1 Å². The van der Waals surface area contributed by atoms with E-state index in [1.54, 1.807) is 6.07 Å². The van der Waals surface area contributed by atoms with Crippen molar-refractivity contribution in [3.8, 4) is 0 Å². The molecule has 0 aliphatic rings. The lowest BCUT2D eigenvalue weighted by Crippen LogP contribution is -2.32. The summed E-state index contributed by atoms with van der Waals surface area (Å²) in [6, 6.07) is 5.41. The Bertz CT molecular complexity index is 592. The number of hydrogen-bond acceptors (Lipinski definition) is 4. The lowest BCUT2D eigenvalue weighted by Gasteiger charge is -2.21. The molecule has 0 saturated heterocycles. The topological polar surface area (TPSA) is 98.0 Å². The Balaban J connectivity index is 2.17. The average Bonchev–Trinajstić information content (AvgIpc) is 2.63. The fourth-order valence-corrected chi connectivity index (χ4v) is 1.89. The van der Waals surface area contributed by atoms with Crippen LogP contribution >= 0.6 is 0 Å². The van der Waals surface area contributed by atoms with E-state index < -0.39 is 5.76 Å². The SMILES string of the molecule is CC(C)(N)CCC(N)c1ccc2oc(=O)[nH]c2c1. The molecule has 0 aliphatic heterocycles. The van der Waals surface area contributed by atoms with Crippen LogP contribution in [-0.4, -0.2) is 10.5 Å². The van der Waals surface area contributed by atoms with E-state index in [4.69, 9.17) is 15.9 Å². The first-order valence-corrected chi connectivity index (χ1v) is 6.02. The van der Waals surface area contributed by atoms with E-state index >= 15 is 0 Å². The second kappa shape index (κ2) is 4.59. The zero-order valence-electron chi connectivity index (χ0n) is 10.7. The Morgan fingerprint density at radius 2 is 2.17 bits per heavy atom. The van der Waals surface area contributed by atoms with Gasteiger partial charge in [-0.25, -0.2) is 4.79 Å². The highest BCUT2D eigenvalue weighted by molar-refractivity contribution is 5.72. The average molecular weight is 249 g/mol. The predicted molar refractivity (Wildman–Crippen MR) is 71.3 cm³/mol. The molecule has 1 heterocycles. The van der Waals surface area contributed by atoms with Gasteiger partial charge in [-0.15, -0.1) is 0 Å². The molecule has 5 nitrogen and oxygen atoms in total. The molecule has 2 rings (SSSR count). The first-order chi connectivity index (χ1) is 8.35. The van der Waals surface area contributed by atoms with Crippen LogP contribution in [-0.2, 0) is 0 Å². The third-order valence-electron chi connectivity index (χ3n) is 2.97.